The number of carbonyl (C=O) groups is 1. The highest BCUT2D eigenvalue weighted by Crippen LogP contribution is 2.36. The predicted molar refractivity (Wildman–Crippen MR) is 87.9 cm³/mol. The first-order valence-corrected chi connectivity index (χ1v) is 8.34. The minimum atomic E-state index is -0.230. The lowest BCUT2D eigenvalue weighted by Gasteiger charge is -2.42. The van der Waals surface area contributed by atoms with Crippen molar-refractivity contribution in [2.24, 2.45) is 5.92 Å². The number of piperazine rings is 1. The van der Waals surface area contributed by atoms with E-state index in [1.54, 1.807) is 0 Å². The van der Waals surface area contributed by atoms with E-state index < -0.39 is 0 Å². The molecule has 2 aliphatic rings. The standard InChI is InChI=1S/C18H26N2O3/c1-14(2)18(3)16-11-19(9-10-20(16)13-23-18)17(21)22-12-15-7-5-4-6-8-15/h4-8,14,16H,9-13H2,1-3H3/t16-,18+/m0/s1. The monoisotopic (exact) mass is 318 g/mol. The fraction of sp³-hybridized carbons (Fsp3) is 0.611. The lowest BCUT2D eigenvalue weighted by molar-refractivity contribution is -0.0308. The summed E-state index contributed by atoms with van der Waals surface area (Å²) in [5.41, 5.74) is 0.800. The van der Waals surface area contributed by atoms with E-state index in [9.17, 15) is 4.79 Å². The third-order valence-electron chi connectivity index (χ3n) is 5.30. The second kappa shape index (κ2) is 6.49. The van der Waals surface area contributed by atoms with Crippen molar-refractivity contribution in [1.29, 1.82) is 0 Å². The maximum Gasteiger partial charge on any atom is 0.410 e. The summed E-state index contributed by atoms with van der Waals surface area (Å²) in [6.07, 6.45) is -0.230. The van der Waals surface area contributed by atoms with Gasteiger partial charge in [0, 0.05) is 19.6 Å². The van der Waals surface area contributed by atoms with E-state index in [0.29, 0.717) is 32.3 Å². The zero-order chi connectivity index (χ0) is 16.4. The minimum Gasteiger partial charge on any atom is -0.445 e. The quantitative estimate of drug-likeness (QED) is 0.859. The van der Waals surface area contributed by atoms with Gasteiger partial charge in [-0.2, -0.15) is 0 Å². The molecule has 0 aromatic heterocycles. The van der Waals surface area contributed by atoms with Gasteiger partial charge in [-0.3, -0.25) is 4.90 Å². The Morgan fingerprint density at radius 2 is 2.09 bits per heavy atom. The Balaban J connectivity index is 1.60. The molecule has 5 nitrogen and oxygen atoms in total. The first-order chi connectivity index (χ1) is 11.0. The zero-order valence-electron chi connectivity index (χ0n) is 14.2. The van der Waals surface area contributed by atoms with Gasteiger partial charge in [-0.25, -0.2) is 4.79 Å². The van der Waals surface area contributed by atoms with Gasteiger partial charge in [0.25, 0.3) is 0 Å². The van der Waals surface area contributed by atoms with Gasteiger partial charge in [-0.1, -0.05) is 44.2 Å². The van der Waals surface area contributed by atoms with Crippen LogP contribution in [-0.2, 0) is 16.1 Å². The highest BCUT2D eigenvalue weighted by Gasteiger charge is 2.50. The fourth-order valence-electron chi connectivity index (χ4n) is 3.36. The van der Waals surface area contributed by atoms with Crippen LogP contribution in [0.25, 0.3) is 0 Å². The lowest BCUT2D eigenvalue weighted by atomic mass is 9.84. The van der Waals surface area contributed by atoms with Crippen LogP contribution in [0.2, 0.25) is 0 Å². The molecule has 2 saturated heterocycles. The van der Waals surface area contributed by atoms with Crippen LogP contribution in [0.1, 0.15) is 26.3 Å². The van der Waals surface area contributed by atoms with Crippen molar-refractivity contribution in [2.75, 3.05) is 26.4 Å². The molecule has 0 bridgehead atoms. The van der Waals surface area contributed by atoms with E-state index in [2.05, 4.69) is 25.7 Å². The number of nitrogens with zero attached hydrogens (tertiary/aromatic N) is 2. The summed E-state index contributed by atoms with van der Waals surface area (Å²) in [5, 5.41) is 0. The maximum absolute atomic E-state index is 12.4. The number of hydrogen-bond acceptors (Lipinski definition) is 4. The van der Waals surface area contributed by atoms with Crippen LogP contribution in [0, 0.1) is 5.92 Å². The van der Waals surface area contributed by atoms with Crippen LogP contribution in [0.4, 0.5) is 4.79 Å². The lowest BCUT2D eigenvalue weighted by Crippen LogP contribution is -2.59. The van der Waals surface area contributed by atoms with E-state index in [4.69, 9.17) is 9.47 Å². The predicted octanol–water partition coefficient (Wildman–Crippen LogP) is 2.71. The topological polar surface area (TPSA) is 42.0 Å². The van der Waals surface area contributed by atoms with Crippen molar-refractivity contribution in [3.05, 3.63) is 35.9 Å². The van der Waals surface area contributed by atoms with E-state index in [1.807, 2.05) is 35.2 Å². The van der Waals surface area contributed by atoms with E-state index in [0.717, 1.165) is 12.1 Å². The summed E-state index contributed by atoms with van der Waals surface area (Å²) in [4.78, 5) is 16.5. The first kappa shape index (κ1) is 16.3. The summed E-state index contributed by atoms with van der Waals surface area (Å²) in [5.74, 6) is 0.401. The SMILES string of the molecule is CC(C)[C@@]1(C)OCN2CCN(C(=O)OCc3ccccc3)C[C@H]21. The van der Waals surface area contributed by atoms with Gasteiger partial charge in [-0.05, 0) is 18.4 Å². The van der Waals surface area contributed by atoms with Crippen molar-refractivity contribution in [3.63, 3.8) is 0 Å². The van der Waals surface area contributed by atoms with Gasteiger partial charge in [-0.15, -0.1) is 0 Å². The molecule has 0 N–H and O–H groups in total. The number of rotatable bonds is 3. The smallest absolute Gasteiger partial charge is 0.410 e. The van der Waals surface area contributed by atoms with Gasteiger partial charge >= 0.3 is 6.09 Å². The summed E-state index contributed by atoms with van der Waals surface area (Å²) in [6.45, 7) is 9.69. The van der Waals surface area contributed by atoms with E-state index in [-0.39, 0.29) is 17.7 Å². The molecule has 126 valence electrons. The molecule has 2 fully saturated rings. The van der Waals surface area contributed by atoms with Gasteiger partial charge in [0.15, 0.2) is 0 Å². The Hall–Kier alpha value is -1.59. The third-order valence-corrected chi connectivity index (χ3v) is 5.30. The van der Waals surface area contributed by atoms with Crippen molar-refractivity contribution in [3.8, 4) is 0 Å². The highest BCUT2D eigenvalue weighted by atomic mass is 16.6. The molecule has 5 heteroatoms. The summed E-state index contributed by atoms with van der Waals surface area (Å²) < 4.78 is 11.5. The highest BCUT2D eigenvalue weighted by molar-refractivity contribution is 5.68. The Labute approximate surface area is 138 Å². The van der Waals surface area contributed by atoms with Gasteiger partial charge in [0.2, 0.25) is 0 Å². The molecule has 0 aliphatic carbocycles. The molecule has 23 heavy (non-hydrogen) atoms. The molecule has 0 spiro atoms. The maximum atomic E-state index is 12.4. The van der Waals surface area contributed by atoms with Crippen LogP contribution in [0.15, 0.2) is 30.3 Å². The van der Waals surface area contributed by atoms with E-state index in [1.165, 1.54) is 0 Å². The van der Waals surface area contributed by atoms with Crippen LogP contribution >= 0.6 is 0 Å². The van der Waals surface area contributed by atoms with Crippen molar-refractivity contribution in [1.82, 2.24) is 9.80 Å². The van der Waals surface area contributed by atoms with Crippen molar-refractivity contribution >= 4 is 6.09 Å². The number of carbonyl (C=O) groups excluding carboxylic acids is 1. The molecule has 0 unspecified atom stereocenters. The summed E-state index contributed by atoms with van der Waals surface area (Å²) in [7, 11) is 0. The van der Waals surface area contributed by atoms with Crippen LogP contribution < -0.4 is 0 Å². The third kappa shape index (κ3) is 3.21. The van der Waals surface area contributed by atoms with Crippen LogP contribution in [0.5, 0.6) is 0 Å². The average Bonchev–Trinajstić information content (AvgIpc) is 2.92. The molecule has 2 atom stereocenters. The number of ether oxygens (including phenoxy) is 2. The zero-order valence-corrected chi connectivity index (χ0v) is 14.2. The largest absolute Gasteiger partial charge is 0.445 e. The van der Waals surface area contributed by atoms with E-state index >= 15 is 0 Å². The fourth-order valence-corrected chi connectivity index (χ4v) is 3.36. The Morgan fingerprint density at radius 1 is 1.35 bits per heavy atom. The van der Waals surface area contributed by atoms with Gasteiger partial charge in [0.1, 0.15) is 13.3 Å². The first-order valence-electron chi connectivity index (χ1n) is 8.34. The normalized spacial score (nSPS) is 28.0. The van der Waals surface area contributed by atoms with Crippen LogP contribution in [0.3, 0.4) is 0 Å². The summed E-state index contributed by atoms with van der Waals surface area (Å²) >= 11 is 0. The second-order valence-corrected chi connectivity index (χ2v) is 6.93. The van der Waals surface area contributed by atoms with Gasteiger partial charge < -0.3 is 14.4 Å². The molecule has 0 saturated carbocycles. The van der Waals surface area contributed by atoms with Crippen molar-refractivity contribution < 1.29 is 14.3 Å². The number of amides is 1. The molecule has 2 aliphatic heterocycles. The molecule has 2 heterocycles. The van der Waals surface area contributed by atoms with Crippen LogP contribution in [-0.4, -0.2) is 53.9 Å². The molecular formula is C18H26N2O3. The second-order valence-electron chi connectivity index (χ2n) is 6.93. The Bertz CT molecular complexity index is 548. The number of hydrogen-bond donors (Lipinski definition) is 0. The molecule has 3 rings (SSSR count). The van der Waals surface area contributed by atoms with Crippen molar-refractivity contribution in [2.45, 2.75) is 39.0 Å². The van der Waals surface area contributed by atoms with Gasteiger partial charge in [0.05, 0.1) is 11.6 Å². The molecule has 0 radical (unpaired) electrons. The molecule has 1 aromatic rings. The molecule has 1 amide bonds. The average molecular weight is 318 g/mol. The molecule has 1 aromatic carbocycles. The number of benzene rings is 1. The summed E-state index contributed by atoms with van der Waals surface area (Å²) in [6, 6.07) is 10.0. The molecular weight excluding hydrogens is 292 g/mol. The Morgan fingerprint density at radius 3 is 2.78 bits per heavy atom. The Kier molecular flexibility index (Phi) is 4.60. The number of fused-ring (bicyclic) bond motifs is 1. The minimum absolute atomic E-state index is 0.210.